The van der Waals surface area contributed by atoms with Gasteiger partial charge in [-0.1, -0.05) is 5.16 Å². The van der Waals surface area contributed by atoms with Crippen molar-refractivity contribution in [3.63, 3.8) is 0 Å². The smallest absolute Gasteiger partial charge is 0.379 e. The van der Waals surface area contributed by atoms with Crippen LogP contribution in [0.3, 0.4) is 0 Å². The van der Waals surface area contributed by atoms with Gasteiger partial charge in [-0.15, -0.1) is 11.3 Å². The number of nitrogens with two attached hydrogens (primary N) is 1. The lowest BCUT2D eigenvalue weighted by Crippen LogP contribution is -2.76. The average Bonchev–Trinajstić information content (AvgIpc) is 3.06. The van der Waals surface area contributed by atoms with Gasteiger partial charge in [0.25, 0.3) is 11.8 Å². The van der Waals surface area contributed by atoms with Gasteiger partial charge in [0.05, 0.1) is 18.6 Å². The third-order valence-electron chi connectivity index (χ3n) is 4.63. The molecule has 0 spiro atoms. The van der Waals surface area contributed by atoms with Crippen LogP contribution in [0.15, 0.2) is 10.5 Å². The Morgan fingerprint density at radius 2 is 2.13 bits per heavy atom. The quantitative estimate of drug-likeness (QED) is 0.196. The van der Waals surface area contributed by atoms with E-state index in [9.17, 15) is 24.3 Å². The predicted molar refractivity (Wildman–Crippen MR) is 102 cm³/mol. The first-order valence-corrected chi connectivity index (χ1v) is 9.70. The van der Waals surface area contributed by atoms with E-state index in [1.807, 2.05) is 0 Å². The second-order valence-corrected chi connectivity index (χ2v) is 8.01. The molecular weight excluding hydrogens is 438 g/mol. The predicted octanol–water partition coefficient (Wildman–Crippen LogP) is -1.23. The monoisotopic (exact) mass is 457 g/mol. The summed E-state index contributed by atoms with van der Waals surface area (Å²) in [6, 6.07) is -1.08. The number of carboxylic acid groups (broad SMARTS) is 2. The van der Waals surface area contributed by atoms with Gasteiger partial charge < -0.3 is 30.8 Å². The Morgan fingerprint density at radius 1 is 1.45 bits per heavy atom. The SMILES string of the molecule is CC1(C)C(NC(=O)C(=NOC2(C(=O)O)CCO2)c2csc(N)n2)C(=O)N1OCC(=O)O. The first-order valence-electron chi connectivity index (χ1n) is 8.82. The highest BCUT2D eigenvalue weighted by Crippen LogP contribution is 2.32. The number of carbonyl (C=O) groups is 4. The number of amides is 2. The van der Waals surface area contributed by atoms with Crippen molar-refractivity contribution >= 4 is 45.9 Å². The Hall–Kier alpha value is -3.30. The number of rotatable bonds is 9. The van der Waals surface area contributed by atoms with Crippen LogP contribution in [0.25, 0.3) is 0 Å². The largest absolute Gasteiger partial charge is 0.479 e. The summed E-state index contributed by atoms with van der Waals surface area (Å²) in [4.78, 5) is 61.1. The first kappa shape index (κ1) is 22.4. The third-order valence-corrected chi connectivity index (χ3v) is 5.30. The number of anilines is 1. The fourth-order valence-corrected chi connectivity index (χ4v) is 3.38. The number of aliphatic carboxylic acids is 2. The molecular formula is C16H19N5O9S. The fourth-order valence-electron chi connectivity index (χ4n) is 2.83. The molecule has 15 heteroatoms. The number of β-lactam (4-membered cyclic amide) rings is 1. The van der Waals surface area contributed by atoms with Gasteiger partial charge in [-0.05, 0) is 13.8 Å². The average molecular weight is 457 g/mol. The number of thiazole rings is 1. The van der Waals surface area contributed by atoms with Gasteiger partial charge in [-0.3, -0.25) is 14.4 Å². The lowest BCUT2D eigenvalue weighted by Gasteiger charge is -2.51. The second kappa shape index (κ2) is 8.09. The number of oxime groups is 1. The molecule has 2 unspecified atom stereocenters. The minimum atomic E-state index is -2.01. The Morgan fingerprint density at radius 3 is 2.58 bits per heavy atom. The minimum absolute atomic E-state index is 0.00317. The molecule has 2 aliphatic heterocycles. The van der Waals surface area contributed by atoms with Crippen molar-refractivity contribution in [2.45, 2.75) is 37.6 Å². The van der Waals surface area contributed by atoms with E-state index in [2.05, 4.69) is 15.5 Å². The van der Waals surface area contributed by atoms with Crippen LogP contribution in [0, 0.1) is 0 Å². The summed E-state index contributed by atoms with van der Waals surface area (Å²) in [5, 5.41) is 26.4. The number of aromatic nitrogens is 1. The van der Waals surface area contributed by atoms with Crippen LogP contribution < -0.4 is 11.1 Å². The molecule has 3 heterocycles. The van der Waals surface area contributed by atoms with Gasteiger partial charge in [0.2, 0.25) is 0 Å². The van der Waals surface area contributed by atoms with Crippen LogP contribution >= 0.6 is 11.3 Å². The molecule has 2 amide bonds. The van der Waals surface area contributed by atoms with Gasteiger partial charge in [0.1, 0.15) is 11.7 Å². The Labute approximate surface area is 178 Å². The maximum Gasteiger partial charge on any atom is 0.379 e. The van der Waals surface area contributed by atoms with Crippen LogP contribution in [0.4, 0.5) is 5.13 Å². The van der Waals surface area contributed by atoms with Crippen molar-refractivity contribution in [2.24, 2.45) is 5.16 Å². The minimum Gasteiger partial charge on any atom is -0.479 e. The van der Waals surface area contributed by atoms with Gasteiger partial charge in [-0.25, -0.2) is 19.6 Å². The normalized spacial score (nSPS) is 24.7. The van der Waals surface area contributed by atoms with Crippen LogP contribution in [-0.2, 0) is 33.6 Å². The third kappa shape index (κ3) is 4.14. The number of nitrogens with zero attached hydrogens (tertiary/aromatic N) is 3. The topological polar surface area (TPSA) is 203 Å². The number of hydrogen-bond acceptors (Lipinski definition) is 11. The van der Waals surface area contributed by atoms with Crippen molar-refractivity contribution < 1.29 is 43.8 Å². The molecule has 2 saturated heterocycles. The molecule has 3 rings (SSSR count). The number of carbonyl (C=O) groups excluding carboxylic acids is 2. The summed E-state index contributed by atoms with van der Waals surface area (Å²) < 4.78 is 4.95. The molecule has 14 nitrogen and oxygen atoms in total. The molecule has 2 atom stereocenters. The highest BCUT2D eigenvalue weighted by molar-refractivity contribution is 7.13. The number of hydroxylamine groups is 2. The lowest BCUT2D eigenvalue weighted by atomic mass is 9.84. The summed E-state index contributed by atoms with van der Waals surface area (Å²) >= 11 is 1.01. The van der Waals surface area contributed by atoms with E-state index >= 15 is 0 Å². The maximum absolute atomic E-state index is 12.9. The van der Waals surface area contributed by atoms with Crippen molar-refractivity contribution in [2.75, 3.05) is 18.9 Å². The Balaban J connectivity index is 1.78. The molecule has 0 aliphatic carbocycles. The van der Waals surface area contributed by atoms with E-state index in [4.69, 9.17) is 25.3 Å². The Bertz CT molecular complexity index is 955. The molecule has 0 aromatic carbocycles. The van der Waals surface area contributed by atoms with Crippen LogP contribution in [-0.4, -0.2) is 80.3 Å². The van der Waals surface area contributed by atoms with Gasteiger partial charge in [0.15, 0.2) is 17.5 Å². The maximum atomic E-state index is 12.9. The van der Waals surface area contributed by atoms with Gasteiger partial charge in [0, 0.05) is 5.38 Å². The summed E-state index contributed by atoms with van der Waals surface area (Å²) in [6.07, 6.45) is 0.0178. The zero-order chi connectivity index (χ0) is 23.0. The zero-order valence-electron chi connectivity index (χ0n) is 16.4. The van der Waals surface area contributed by atoms with Gasteiger partial charge >= 0.3 is 17.7 Å². The van der Waals surface area contributed by atoms with Crippen LogP contribution in [0.1, 0.15) is 26.0 Å². The van der Waals surface area contributed by atoms with Crippen molar-refractivity contribution in [1.82, 2.24) is 15.4 Å². The lowest BCUT2D eigenvalue weighted by molar-refractivity contribution is -0.299. The molecule has 0 bridgehead atoms. The van der Waals surface area contributed by atoms with Crippen LogP contribution in [0.5, 0.6) is 0 Å². The van der Waals surface area contributed by atoms with Crippen molar-refractivity contribution in [3.8, 4) is 0 Å². The summed E-state index contributed by atoms with van der Waals surface area (Å²) in [5.74, 6) is -6.27. The molecule has 2 fully saturated rings. The number of nitrogens with one attached hydrogen (secondary N) is 1. The molecule has 1 aromatic heterocycles. The number of carboxylic acids is 2. The fraction of sp³-hybridized carbons (Fsp3) is 0.500. The number of ether oxygens (including phenoxy) is 1. The summed E-state index contributed by atoms with van der Waals surface area (Å²) in [6.45, 7) is 2.52. The van der Waals surface area contributed by atoms with E-state index < -0.39 is 53.4 Å². The van der Waals surface area contributed by atoms with E-state index in [0.717, 1.165) is 16.4 Å². The Kier molecular flexibility index (Phi) is 5.84. The highest BCUT2D eigenvalue weighted by atomic mass is 32.1. The van der Waals surface area contributed by atoms with Crippen LogP contribution in [0.2, 0.25) is 0 Å². The molecule has 0 saturated carbocycles. The number of nitrogen functional groups attached to an aromatic ring is 1. The molecule has 31 heavy (non-hydrogen) atoms. The van der Waals surface area contributed by atoms with Crippen molar-refractivity contribution in [1.29, 1.82) is 0 Å². The summed E-state index contributed by atoms with van der Waals surface area (Å²) in [5.41, 5.74) is 4.11. The number of hydrogen-bond donors (Lipinski definition) is 4. The van der Waals surface area contributed by atoms with Crippen molar-refractivity contribution in [3.05, 3.63) is 11.1 Å². The summed E-state index contributed by atoms with van der Waals surface area (Å²) in [7, 11) is 0. The molecule has 5 N–H and O–H groups in total. The van der Waals surface area contributed by atoms with Gasteiger partial charge in [-0.2, -0.15) is 0 Å². The molecule has 2 aliphatic rings. The van der Waals surface area contributed by atoms with E-state index in [0.29, 0.717) is 0 Å². The second-order valence-electron chi connectivity index (χ2n) is 7.12. The first-order chi connectivity index (χ1) is 14.5. The van der Waals surface area contributed by atoms with E-state index in [1.165, 1.54) is 5.38 Å². The standard InChI is InChI=1S/C16H19N5O9S/c1-15(2)10(12(25)21(15)29-5-8(22)23)19-11(24)9(7-6-31-14(17)18-7)20-30-16(13(26)27)3-4-28-16/h6,10H,3-5H2,1-2H3,(H2,17,18)(H,19,24)(H,22,23)(H,26,27). The molecule has 168 valence electrons. The van der Waals surface area contributed by atoms with E-state index in [1.54, 1.807) is 13.8 Å². The molecule has 1 aromatic rings. The zero-order valence-corrected chi connectivity index (χ0v) is 17.2. The molecule has 0 radical (unpaired) electrons. The highest BCUT2D eigenvalue weighted by Gasteiger charge is 2.57. The van der Waals surface area contributed by atoms with E-state index in [-0.39, 0.29) is 23.9 Å².